The Balaban J connectivity index is 1.41. The van der Waals surface area contributed by atoms with E-state index in [-0.39, 0.29) is 5.69 Å². The summed E-state index contributed by atoms with van der Waals surface area (Å²) < 4.78 is 49.9. The van der Waals surface area contributed by atoms with Crippen LogP contribution in [0.2, 0.25) is 0 Å². The fourth-order valence-corrected chi connectivity index (χ4v) is 5.19. The van der Waals surface area contributed by atoms with Crippen LogP contribution in [0.15, 0.2) is 54.0 Å². The molecule has 2 N–H and O–H groups in total. The van der Waals surface area contributed by atoms with Crippen molar-refractivity contribution in [2.75, 3.05) is 43.1 Å². The second-order valence-corrected chi connectivity index (χ2v) is 9.75. The summed E-state index contributed by atoms with van der Waals surface area (Å²) in [7, 11) is 0. The Morgan fingerprint density at radius 1 is 1.15 bits per heavy atom. The van der Waals surface area contributed by atoms with Crippen molar-refractivity contribution >= 4 is 39.0 Å². The minimum Gasteiger partial charge on any atom is -0.404 e. The molecule has 0 aliphatic carbocycles. The summed E-state index contributed by atoms with van der Waals surface area (Å²) in [5.74, 6) is 0.0859. The van der Waals surface area contributed by atoms with Gasteiger partial charge in [0.15, 0.2) is 5.75 Å². The van der Waals surface area contributed by atoms with Gasteiger partial charge in [-0.05, 0) is 42.3 Å². The summed E-state index contributed by atoms with van der Waals surface area (Å²) in [4.78, 5) is 23.4. The maximum Gasteiger partial charge on any atom is 0.573 e. The number of ether oxygens (including phenoxy) is 2. The average Bonchev–Trinajstić information content (AvgIpc) is 3.33. The number of amides is 2. The summed E-state index contributed by atoms with van der Waals surface area (Å²) in [6, 6.07) is 11.9. The monoisotopic (exact) mass is 557 g/mol. The van der Waals surface area contributed by atoms with Crippen molar-refractivity contribution in [3.05, 3.63) is 65.4 Å². The lowest BCUT2D eigenvalue weighted by Gasteiger charge is -2.28. The number of nitrogens with zero attached hydrogens (tertiary/aromatic N) is 3. The number of fused-ring (bicyclic) bond motifs is 1. The van der Waals surface area contributed by atoms with E-state index < -0.39 is 18.1 Å². The van der Waals surface area contributed by atoms with E-state index in [1.807, 2.05) is 17.5 Å². The molecule has 3 heterocycles. The molecule has 8 nitrogen and oxygen atoms in total. The summed E-state index contributed by atoms with van der Waals surface area (Å²) in [6.45, 7) is 5.18. The predicted molar refractivity (Wildman–Crippen MR) is 145 cm³/mol. The molecule has 2 aromatic carbocycles. The molecule has 204 valence electrons. The summed E-state index contributed by atoms with van der Waals surface area (Å²) in [5, 5.41) is 6.71. The molecular formula is C27H26F3N5O3S. The number of morpholine rings is 1. The van der Waals surface area contributed by atoms with E-state index >= 15 is 0 Å². The number of carbonyl (C=O) groups is 1. The van der Waals surface area contributed by atoms with Gasteiger partial charge in [0.05, 0.1) is 29.1 Å². The van der Waals surface area contributed by atoms with E-state index in [0.717, 1.165) is 42.3 Å². The van der Waals surface area contributed by atoms with Crippen molar-refractivity contribution in [3.63, 3.8) is 0 Å². The van der Waals surface area contributed by atoms with Gasteiger partial charge in [-0.25, -0.2) is 14.8 Å². The first-order valence-corrected chi connectivity index (χ1v) is 13.3. The highest BCUT2D eigenvalue weighted by molar-refractivity contribution is 7.17. The standard InChI is InChI=1S/C27H26F3N5O3S/c1-2-31-26(36)33-21-8-5-18(14-22(21)38-27(28,29)30)20-16-39-23-15-32-24(34-25(20)23)13-17-3-6-19(7-4-17)35-9-11-37-12-10-35/h3-8,14-16H,2,9-13H2,1H3,(H2,31,33,36). The van der Waals surface area contributed by atoms with E-state index in [4.69, 9.17) is 9.72 Å². The van der Waals surface area contributed by atoms with Gasteiger partial charge in [-0.1, -0.05) is 18.2 Å². The number of benzene rings is 2. The van der Waals surface area contributed by atoms with Crippen LogP contribution in [0.3, 0.4) is 0 Å². The zero-order valence-electron chi connectivity index (χ0n) is 21.0. The number of hydrogen-bond donors (Lipinski definition) is 2. The van der Waals surface area contributed by atoms with E-state index in [1.165, 1.54) is 23.5 Å². The molecule has 0 radical (unpaired) electrons. The van der Waals surface area contributed by atoms with E-state index in [0.29, 0.717) is 35.4 Å². The molecule has 2 amide bonds. The molecular weight excluding hydrogens is 531 g/mol. The van der Waals surface area contributed by atoms with Crippen molar-refractivity contribution in [2.45, 2.75) is 19.7 Å². The van der Waals surface area contributed by atoms with Gasteiger partial charge in [-0.3, -0.25) is 0 Å². The van der Waals surface area contributed by atoms with Crippen LogP contribution < -0.4 is 20.3 Å². The van der Waals surface area contributed by atoms with Crippen molar-refractivity contribution in [2.24, 2.45) is 0 Å². The fraction of sp³-hybridized carbons (Fsp3) is 0.296. The molecule has 1 fully saturated rings. The van der Waals surface area contributed by atoms with E-state index in [1.54, 1.807) is 19.2 Å². The number of halogens is 3. The number of urea groups is 1. The average molecular weight is 558 g/mol. The Labute approximate surface area is 226 Å². The first kappa shape index (κ1) is 26.7. The number of carbonyl (C=O) groups excluding carboxylic acids is 1. The zero-order chi connectivity index (χ0) is 27.4. The highest BCUT2D eigenvalue weighted by Crippen LogP contribution is 2.38. The number of aromatic nitrogens is 2. The van der Waals surface area contributed by atoms with Gasteiger partial charge in [0.1, 0.15) is 5.82 Å². The topological polar surface area (TPSA) is 88.6 Å². The number of hydrogen-bond acceptors (Lipinski definition) is 7. The first-order valence-electron chi connectivity index (χ1n) is 12.4. The van der Waals surface area contributed by atoms with Crippen LogP contribution in [0, 0.1) is 0 Å². The molecule has 5 rings (SSSR count). The molecule has 0 saturated carbocycles. The van der Waals surface area contributed by atoms with Gasteiger partial charge < -0.3 is 25.0 Å². The molecule has 1 aliphatic heterocycles. The van der Waals surface area contributed by atoms with Crippen molar-refractivity contribution < 1.29 is 27.4 Å². The Morgan fingerprint density at radius 2 is 1.92 bits per heavy atom. The fourth-order valence-electron chi connectivity index (χ4n) is 4.31. The highest BCUT2D eigenvalue weighted by Gasteiger charge is 2.32. The lowest BCUT2D eigenvalue weighted by molar-refractivity contribution is -0.274. The molecule has 4 aromatic rings. The molecule has 0 bridgehead atoms. The molecule has 1 aliphatic rings. The molecule has 0 atom stereocenters. The van der Waals surface area contributed by atoms with E-state index in [9.17, 15) is 18.0 Å². The van der Waals surface area contributed by atoms with Crippen LogP contribution in [0.5, 0.6) is 5.75 Å². The summed E-state index contributed by atoms with van der Waals surface area (Å²) in [5.41, 5.74) is 3.85. The lowest BCUT2D eigenvalue weighted by Crippen LogP contribution is -2.36. The SMILES string of the molecule is CCNC(=O)Nc1ccc(-c2csc3cnc(Cc4ccc(N5CCOCC5)cc4)nc23)cc1OC(F)(F)F. The van der Waals surface area contributed by atoms with Crippen LogP contribution in [0.25, 0.3) is 21.3 Å². The first-order chi connectivity index (χ1) is 18.8. The van der Waals surface area contributed by atoms with Crippen molar-refractivity contribution in [1.29, 1.82) is 0 Å². The molecule has 0 unspecified atom stereocenters. The number of alkyl halides is 3. The van der Waals surface area contributed by atoms with Gasteiger partial charge in [0, 0.05) is 48.9 Å². The third kappa shape index (κ3) is 6.58. The van der Waals surface area contributed by atoms with Crippen LogP contribution in [0.1, 0.15) is 18.3 Å². The Morgan fingerprint density at radius 3 is 2.64 bits per heavy atom. The number of anilines is 2. The van der Waals surface area contributed by atoms with Gasteiger partial charge >= 0.3 is 12.4 Å². The normalized spacial score (nSPS) is 13.9. The maximum atomic E-state index is 13.1. The van der Waals surface area contributed by atoms with Gasteiger partial charge in [0.2, 0.25) is 0 Å². The Hall–Kier alpha value is -3.90. The highest BCUT2D eigenvalue weighted by atomic mass is 32.1. The van der Waals surface area contributed by atoms with Gasteiger partial charge in [-0.2, -0.15) is 0 Å². The lowest BCUT2D eigenvalue weighted by atomic mass is 10.1. The summed E-state index contributed by atoms with van der Waals surface area (Å²) in [6.07, 6.45) is -2.70. The molecule has 1 saturated heterocycles. The third-order valence-corrected chi connectivity index (χ3v) is 7.05. The Bertz CT molecular complexity index is 1450. The maximum absolute atomic E-state index is 13.1. The van der Waals surface area contributed by atoms with Gasteiger partial charge in [-0.15, -0.1) is 24.5 Å². The van der Waals surface area contributed by atoms with Crippen molar-refractivity contribution in [3.8, 4) is 16.9 Å². The summed E-state index contributed by atoms with van der Waals surface area (Å²) >= 11 is 1.40. The Kier molecular flexibility index (Phi) is 7.84. The van der Waals surface area contributed by atoms with Crippen LogP contribution >= 0.6 is 11.3 Å². The molecule has 2 aromatic heterocycles. The number of thiophene rings is 1. The second-order valence-electron chi connectivity index (χ2n) is 8.83. The van der Waals surface area contributed by atoms with Crippen LogP contribution in [-0.2, 0) is 11.2 Å². The van der Waals surface area contributed by atoms with Crippen LogP contribution in [0.4, 0.5) is 29.3 Å². The zero-order valence-corrected chi connectivity index (χ0v) is 21.9. The van der Waals surface area contributed by atoms with Crippen molar-refractivity contribution in [1.82, 2.24) is 15.3 Å². The third-order valence-electron chi connectivity index (χ3n) is 6.14. The smallest absolute Gasteiger partial charge is 0.404 e. The molecule has 39 heavy (non-hydrogen) atoms. The number of nitrogens with one attached hydrogen (secondary N) is 2. The van der Waals surface area contributed by atoms with Gasteiger partial charge in [0.25, 0.3) is 0 Å². The van der Waals surface area contributed by atoms with E-state index in [2.05, 4.69) is 37.4 Å². The molecule has 0 spiro atoms. The minimum absolute atomic E-state index is 0.0996. The predicted octanol–water partition coefficient (Wildman–Crippen LogP) is 5.83. The molecule has 12 heteroatoms. The largest absolute Gasteiger partial charge is 0.573 e. The number of rotatable bonds is 7. The quantitative estimate of drug-likeness (QED) is 0.298. The minimum atomic E-state index is -4.93. The second kappa shape index (κ2) is 11.5. The van der Waals surface area contributed by atoms with Crippen LogP contribution in [-0.4, -0.2) is 55.2 Å².